The number of piperidine rings is 1. The Labute approximate surface area is 172 Å². The highest BCUT2D eigenvalue weighted by Gasteiger charge is 2.37. The van der Waals surface area contributed by atoms with E-state index in [4.69, 9.17) is 16.3 Å². The van der Waals surface area contributed by atoms with E-state index in [9.17, 15) is 19.5 Å². The fourth-order valence-corrected chi connectivity index (χ4v) is 4.17. The number of phenols is 1. The maximum Gasteiger partial charge on any atom is 0.294 e. The molecule has 0 spiro atoms. The Morgan fingerprint density at radius 1 is 1.36 bits per heavy atom. The lowest BCUT2D eigenvalue weighted by Gasteiger charge is -2.31. The quantitative estimate of drug-likeness (QED) is 0.746. The average molecular weight is 425 g/mol. The topological polar surface area (TPSA) is 87.2 Å². The summed E-state index contributed by atoms with van der Waals surface area (Å²) in [4.78, 5) is 40.2. The molecule has 3 rings (SSSR count). The summed E-state index contributed by atoms with van der Waals surface area (Å²) in [7, 11) is 1.38. The fraction of sp³-hybridized carbons (Fsp3) is 0.421. The molecular formula is C19H21ClN2O5S. The lowest BCUT2D eigenvalue weighted by molar-refractivity contribution is -0.136. The zero-order valence-electron chi connectivity index (χ0n) is 15.6. The summed E-state index contributed by atoms with van der Waals surface area (Å²) in [6, 6.07) is 2.97. The first-order valence-electron chi connectivity index (χ1n) is 8.89. The van der Waals surface area contributed by atoms with Crippen LogP contribution in [0.1, 0.15) is 25.3 Å². The molecule has 2 heterocycles. The van der Waals surface area contributed by atoms with Crippen LogP contribution in [-0.2, 0) is 9.59 Å². The Balaban J connectivity index is 1.74. The normalized spacial score (nSPS) is 19.6. The molecule has 0 saturated carbocycles. The van der Waals surface area contributed by atoms with Crippen molar-refractivity contribution in [3.63, 3.8) is 0 Å². The first kappa shape index (κ1) is 20.5. The van der Waals surface area contributed by atoms with E-state index in [2.05, 4.69) is 6.92 Å². The van der Waals surface area contributed by atoms with E-state index in [1.54, 1.807) is 4.90 Å². The third-order valence-electron chi connectivity index (χ3n) is 4.87. The van der Waals surface area contributed by atoms with Crippen LogP contribution in [0.5, 0.6) is 11.5 Å². The summed E-state index contributed by atoms with van der Waals surface area (Å²) in [5, 5.41) is 9.39. The van der Waals surface area contributed by atoms with Crippen molar-refractivity contribution < 1.29 is 24.2 Å². The fourth-order valence-electron chi connectivity index (χ4n) is 3.11. The number of benzene rings is 1. The zero-order valence-corrected chi connectivity index (χ0v) is 17.2. The maximum atomic E-state index is 12.6. The monoisotopic (exact) mass is 424 g/mol. The van der Waals surface area contributed by atoms with Crippen LogP contribution in [0.2, 0.25) is 5.02 Å². The predicted octanol–water partition coefficient (Wildman–Crippen LogP) is 3.35. The van der Waals surface area contributed by atoms with Gasteiger partial charge in [0.25, 0.3) is 11.1 Å². The number of likely N-dealkylation sites (tertiary alicyclic amines) is 1. The summed E-state index contributed by atoms with van der Waals surface area (Å²) >= 11 is 6.73. The molecule has 2 aliphatic heterocycles. The smallest absolute Gasteiger partial charge is 0.294 e. The van der Waals surface area contributed by atoms with Gasteiger partial charge in [-0.1, -0.05) is 18.5 Å². The van der Waals surface area contributed by atoms with Gasteiger partial charge in [0.05, 0.1) is 17.0 Å². The number of amides is 3. The number of phenolic OH excluding ortho intramolecular Hbond substituents is 1. The van der Waals surface area contributed by atoms with Gasteiger partial charge in [0, 0.05) is 13.1 Å². The van der Waals surface area contributed by atoms with Crippen LogP contribution >= 0.6 is 23.4 Å². The SMILES string of the molecule is COc1cc(/C=C2\SC(=O)N(CC(=O)N3CCC(C)CC3)C2=O)cc(Cl)c1O. The first-order chi connectivity index (χ1) is 13.3. The third-order valence-corrected chi connectivity index (χ3v) is 6.07. The Bertz CT molecular complexity index is 849. The molecule has 0 aliphatic carbocycles. The molecule has 0 radical (unpaired) electrons. The Hall–Kier alpha value is -2.19. The van der Waals surface area contributed by atoms with Crippen molar-refractivity contribution in [1.29, 1.82) is 0 Å². The lowest BCUT2D eigenvalue weighted by atomic mass is 9.99. The number of ether oxygens (including phenoxy) is 1. The van der Waals surface area contributed by atoms with Crippen LogP contribution in [0.25, 0.3) is 6.08 Å². The van der Waals surface area contributed by atoms with Gasteiger partial charge < -0.3 is 14.7 Å². The molecule has 0 atom stereocenters. The minimum Gasteiger partial charge on any atom is -0.503 e. The van der Waals surface area contributed by atoms with Gasteiger partial charge in [-0.25, -0.2) is 0 Å². The highest BCUT2D eigenvalue weighted by molar-refractivity contribution is 8.18. The summed E-state index contributed by atoms with van der Waals surface area (Å²) < 4.78 is 5.04. The van der Waals surface area contributed by atoms with Crippen molar-refractivity contribution in [2.45, 2.75) is 19.8 Å². The van der Waals surface area contributed by atoms with E-state index in [0.717, 1.165) is 29.5 Å². The largest absolute Gasteiger partial charge is 0.503 e. The van der Waals surface area contributed by atoms with E-state index < -0.39 is 11.1 Å². The van der Waals surface area contributed by atoms with Gasteiger partial charge in [-0.05, 0) is 54.3 Å². The number of aromatic hydroxyl groups is 1. The van der Waals surface area contributed by atoms with Crippen molar-refractivity contribution in [3.8, 4) is 11.5 Å². The molecule has 0 bridgehead atoms. The minimum absolute atomic E-state index is 0.0688. The predicted molar refractivity (Wildman–Crippen MR) is 107 cm³/mol. The van der Waals surface area contributed by atoms with Crippen LogP contribution in [0.4, 0.5) is 4.79 Å². The molecule has 1 aromatic carbocycles. The molecule has 2 saturated heterocycles. The number of rotatable bonds is 4. The molecule has 2 fully saturated rings. The van der Waals surface area contributed by atoms with Crippen LogP contribution in [0.3, 0.4) is 0 Å². The number of halogens is 1. The summed E-state index contributed by atoms with van der Waals surface area (Å²) in [6.07, 6.45) is 3.35. The molecule has 3 amide bonds. The summed E-state index contributed by atoms with van der Waals surface area (Å²) in [6.45, 7) is 3.19. The molecule has 28 heavy (non-hydrogen) atoms. The van der Waals surface area contributed by atoms with E-state index in [1.165, 1.54) is 25.3 Å². The molecule has 9 heteroatoms. The number of imide groups is 1. The van der Waals surface area contributed by atoms with E-state index in [1.807, 2.05) is 0 Å². The molecule has 1 N–H and O–H groups in total. The van der Waals surface area contributed by atoms with Gasteiger partial charge >= 0.3 is 0 Å². The van der Waals surface area contributed by atoms with E-state index in [-0.39, 0.29) is 33.9 Å². The van der Waals surface area contributed by atoms with Crippen molar-refractivity contribution >= 4 is 46.5 Å². The highest BCUT2D eigenvalue weighted by atomic mass is 35.5. The van der Waals surface area contributed by atoms with Crippen molar-refractivity contribution in [3.05, 3.63) is 27.6 Å². The lowest BCUT2D eigenvalue weighted by Crippen LogP contribution is -2.45. The first-order valence-corrected chi connectivity index (χ1v) is 10.1. The molecule has 150 valence electrons. The maximum absolute atomic E-state index is 12.6. The van der Waals surface area contributed by atoms with Crippen molar-refractivity contribution in [2.24, 2.45) is 5.92 Å². The minimum atomic E-state index is -0.517. The average Bonchev–Trinajstić information content (AvgIpc) is 2.92. The Kier molecular flexibility index (Phi) is 6.20. The number of hydrogen-bond acceptors (Lipinski definition) is 6. The van der Waals surface area contributed by atoms with Gasteiger partial charge in [0.2, 0.25) is 5.91 Å². The van der Waals surface area contributed by atoms with Crippen LogP contribution in [-0.4, -0.2) is 58.7 Å². The van der Waals surface area contributed by atoms with Crippen LogP contribution in [0, 0.1) is 5.92 Å². The molecule has 1 aromatic rings. The Morgan fingerprint density at radius 3 is 2.68 bits per heavy atom. The Morgan fingerprint density at radius 2 is 2.04 bits per heavy atom. The summed E-state index contributed by atoms with van der Waals surface area (Å²) in [5.74, 6) is -0.191. The standard InChI is InChI=1S/C19H21ClN2O5S/c1-11-3-5-21(6-4-11)16(23)10-22-18(25)15(28-19(22)26)9-12-7-13(20)17(24)14(8-12)27-2/h7-9,11,24H,3-6,10H2,1-2H3/b15-9-. The number of carbonyl (C=O) groups excluding carboxylic acids is 3. The number of methoxy groups -OCH3 is 1. The van der Waals surface area contributed by atoms with Crippen molar-refractivity contribution in [2.75, 3.05) is 26.7 Å². The van der Waals surface area contributed by atoms with Gasteiger partial charge in [-0.3, -0.25) is 19.3 Å². The molecule has 0 aromatic heterocycles. The summed E-state index contributed by atoms with van der Waals surface area (Å²) in [5.41, 5.74) is 0.501. The number of hydrogen-bond donors (Lipinski definition) is 1. The number of carbonyl (C=O) groups is 3. The van der Waals surface area contributed by atoms with Crippen LogP contribution < -0.4 is 4.74 Å². The third kappa shape index (κ3) is 4.28. The van der Waals surface area contributed by atoms with Gasteiger partial charge in [-0.15, -0.1) is 0 Å². The molecular weight excluding hydrogens is 404 g/mol. The second kappa shape index (κ2) is 8.45. The van der Waals surface area contributed by atoms with Crippen molar-refractivity contribution in [1.82, 2.24) is 9.80 Å². The molecule has 7 nitrogen and oxygen atoms in total. The van der Waals surface area contributed by atoms with Gasteiger partial charge in [0.1, 0.15) is 6.54 Å². The molecule has 2 aliphatic rings. The zero-order chi connectivity index (χ0) is 20.4. The van der Waals surface area contributed by atoms with Crippen LogP contribution in [0.15, 0.2) is 17.0 Å². The molecule has 0 unspecified atom stereocenters. The number of nitrogens with zero attached hydrogens (tertiary/aromatic N) is 2. The van der Waals surface area contributed by atoms with E-state index >= 15 is 0 Å². The highest BCUT2D eigenvalue weighted by Crippen LogP contribution is 2.38. The second-order valence-corrected chi connectivity index (χ2v) is 8.29. The van der Waals surface area contributed by atoms with Gasteiger partial charge in [-0.2, -0.15) is 0 Å². The van der Waals surface area contributed by atoms with E-state index in [0.29, 0.717) is 24.6 Å². The second-order valence-electron chi connectivity index (χ2n) is 6.88. The number of thioether (sulfide) groups is 1. The van der Waals surface area contributed by atoms with Gasteiger partial charge in [0.15, 0.2) is 11.5 Å².